The summed E-state index contributed by atoms with van der Waals surface area (Å²) in [4.78, 5) is 27.5. The number of hydroxylamine groups is 1. The molecule has 17 heavy (non-hydrogen) atoms. The molecular formula is C11H12N2O4. The summed E-state index contributed by atoms with van der Waals surface area (Å²) in [7, 11) is 1.53. The van der Waals surface area contributed by atoms with Gasteiger partial charge in [-0.2, -0.15) is 5.06 Å². The zero-order valence-corrected chi connectivity index (χ0v) is 9.52. The standard InChI is InChI=1S/C11H12N2O4/c1-7(14)17-13-6-12-11(15)9-4-3-8(16-2)5-10(9)13/h3-5H,6H2,1-2H3,(H,12,15). The lowest BCUT2D eigenvalue weighted by atomic mass is 10.1. The highest BCUT2D eigenvalue weighted by Gasteiger charge is 2.25. The molecule has 0 radical (unpaired) electrons. The monoisotopic (exact) mass is 236 g/mol. The van der Waals surface area contributed by atoms with E-state index in [4.69, 9.17) is 9.57 Å². The predicted octanol–water partition coefficient (Wildman–Crippen LogP) is 0.681. The van der Waals surface area contributed by atoms with Crippen LogP contribution in [0.5, 0.6) is 5.75 Å². The number of fused-ring (bicyclic) bond motifs is 1. The van der Waals surface area contributed by atoms with Crippen LogP contribution in [0, 0.1) is 0 Å². The molecule has 0 fully saturated rings. The quantitative estimate of drug-likeness (QED) is 0.817. The highest BCUT2D eigenvalue weighted by molar-refractivity contribution is 6.01. The van der Waals surface area contributed by atoms with E-state index < -0.39 is 5.97 Å². The Kier molecular flexibility index (Phi) is 2.86. The van der Waals surface area contributed by atoms with E-state index in [0.717, 1.165) is 0 Å². The van der Waals surface area contributed by atoms with Crippen molar-refractivity contribution in [1.82, 2.24) is 5.32 Å². The molecule has 1 aliphatic rings. The number of nitrogens with zero attached hydrogens (tertiary/aromatic N) is 1. The van der Waals surface area contributed by atoms with Crippen molar-refractivity contribution >= 4 is 17.6 Å². The van der Waals surface area contributed by atoms with Gasteiger partial charge in [0, 0.05) is 13.0 Å². The fourth-order valence-corrected chi connectivity index (χ4v) is 1.60. The van der Waals surface area contributed by atoms with Crippen LogP contribution in [0.25, 0.3) is 0 Å². The normalized spacial score (nSPS) is 13.8. The van der Waals surface area contributed by atoms with E-state index in [9.17, 15) is 9.59 Å². The van der Waals surface area contributed by atoms with Gasteiger partial charge in [-0.3, -0.25) is 9.59 Å². The maximum atomic E-state index is 11.6. The third kappa shape index (κ3) is 2.15. The summed E-state index contributed by atoms with van der Waals surface area (Å²) in [5.74, 6) is -0.0587. The third-order valence-corrected chi connectivity index (χ3v) is 2.34. The molecule has 0 unspecified atom stereocenters. The lowest BCUT2D eigenvalue weighted by Crippen LogP contribution is -2.44. The molecule has 0 spiro atoms. The van der Waals surface area contributed by atoms with Gasteiger partial charge in [-0.15, -0.1) is 0 Å². The van der Waals surface area contributed by atoms with Gasteiger partial charge in [0.2, 0.25) is 0 Å². The minimum atomic E-state index is -0.449. The van der Waals surface area contributed by atoms with Crippen LogP contribution in [0.1, 0.15) is 17.3 Å². The molecule has 6 heteroatoms. The summed E-state index contributed by atoms with van der Waals surface area (Å²) >= 11 is 0. The van der Waals surface area contributed by atoms with E-state index in [1.807, 2.05) is 0 Å². The van der Waals surface area contributed by atoms with Gasteiger partial charge in [0.05, 0.1) is 18.4 Å². The number of ether oxygens (including phenoxy) is 1. The third-order valence-electron chi connectivity index (χ3n) is 2.34. The number of anilines is 1. The molecule has 2 rings (SSSR count). The minimum absolute atomic E-state index is 0.124. The number of rotatable bonds is 2. The second kappa shape index (κ2) is 4.32. The average molecular weight is 236 g/mol. The largest absolute Gasteiger partial charge is 0.497 e. The Labute approximate surface area is 98.1 Å². The van der Waals surface area contributed by atoms with Crippen molar-refractivity contribution in [3.8, 4) is 5.75 Å². The van der Waals surface area contributed by atoms with Crippen LogP contribution in [0.3, 0.4) is 0 Å². The van der Waals surface area contributed by atoms with Gasteiger partial charge in [-0.1, -0.05) is 0 Å². The molecule has 1 aromatic rings. The molecule has 0 saturated heterocycles. The Hall–Kier alpha value is -2.24. The molecule has 0 aliphatic carbocycles. The van der Waals surface area contributed by atoms with Crippen LogP contribution in [0.2, 0.25) is 0 Å². The number of carbonyl (C=O) groups is 2. The van der Waals surface area contributed by atoms with Crippen molar-refractivity contribution in [1.29, 1.82) is 0 Å². The van der Waals surface area contributed by atoms with Crippen LogP contribution >= 0.6 is 0 Å². The SMILES string of the molecule is COc1ccc2c(c1)N(OC(C)=O)CNC2=O. The molecular weight excluding hydrogens is 224 g/mol. The fraction of sp³-hybridized carbons (Fsp3) is 0.273. The Morgan fingerprint density at radius 1 is 1.47 bits per heavy atom. The molecule has 0 aromatic heterocycles. The van der Waals surface area contributed by atoms with Gasteiger partial charge in [-0.25, -0.2) is 0 Å². The second-order valence-electron chi connectivity index (χ2n) is 3.51. The van der Waals surface area contributed by atoms with Crippen LogP contribution in [-0.4, -0.2) is 25.7 Å². The highest BCUT2D eigenvalue weighted by atomic mass is 16.7. The van der Waals surface area contributed by atoms with Crippen LogP contribution < -0.4 is 15.1 Å². The molecule has 1 heterocycles. The number of nitrogens with one attached hydrogen (secondary N) is 1. The van der Waals surface area contributed by atoms with Gasteiger partial charge in [-0.05, 0) is 12.1 Å². The van der Waals surface area contributed by atoms with Crippen LogP contribution in [-0.2, 0) is 9.63 Å². The number of amides is 1. The van der Waals surface area contributed by atoms with E-state index in [2.05, 4.69) is 5.32 Å². The molecule has 0 atom stereocenters. The lowest BCUT2D eigenvalue weighted by Gasteiger charge is -2.29. The molecule has 1 aromatic carbocycles. The maximum absolute atomic E-state index is 11.6. The van der Waals surface area contributed by atoms with Gasteiger partial charge in [0.15, 0.2) is 0 Å². The number of hydrogen-bond donors (Lipinski definition) is 1. The lowest BCUT2D eigenvalue weighted by molar-refractivity contribution is -0.142. The predicted molar refractivity (Wildman–Crippen MR) is 59.6 cm³/mol. The Morgan fingerprint density at radius 3 is 2.88 bits per heavy atom. The topological polar surface area (TPSA) is 67.9 Å². The summed E-state index contributed by atoms with van der Waals surface area (Å²) in [6, 6.07) is 4.95. The molecule has 1 aliphatic heterocycles. The minimum Gasteiger partial charge on any atom is -0.497 e. The first-order chi connectivity index (χ1) is 8.11. The Balaban J connectivity index is 2.41. The highest BCUT2D eigenvalue weighted by Crippen LogP contribution is 2.28. The van der Waals surface area contributed by atoms with E-state index in [1.165, 1.54) is 19.1 Å². The van der Waals surface area contributed by atoms with Gasteiger partial charge in [0.1, 0.15) is 12.4 Å². The number of hydrogen-bond acceptors (Lipinski definition) is 5. The number of methoxy groups -OCH3 is 1. The van der Waals surface area contributed by atoms with Crippen molar-refractivity contribution in [2.75, 3.05) is 18.8 Å². The summed E-state index contributed by atoms with van der Waals surface area (Å²) in [6.45, 7) is 1.43. The van der Waals surface area contributed by atoms with Gasteiger partial charge in [0.25, 0.3) is 5.91 Å². The van der Waals surface area contributed by atoms with Crippen LogP contribution in [0.15, 0.2) is 18.2 Å². The average Bonchev–Trinajstić information content (AvgIpc) is 2.32. The van der Waals surface area contributed by atoms with Crippen LogP contribution in [0.4, 0.5) is 5.69 Å². The summed E-state index contributed by atoms with van der Waals surface area (Å²) < 4.78 is 5.07. The van der Waals surface area contributed by atoms with Crippen molar-refractivity contribution in [3.63, 3.8) is 0 Å². The molecule has 0 bridgehead atoms. The smallest absolute Gasteiger partial charge is 0.329 e. The molecule has 6 nitrogen and oxygen atoms in total. The number of benzene rings is 1. The Morgan fingerprint density at radius 2 is 2.24 bits per heavy atom. The summed E-state index contributed by atoms with van der Waals surface area (Å²) in [5.41, 5.74) is 0.960. The molecule has 1 amide bonds. The fourth-order valence-electron chi connectivity index (χ4n) is 1.60. The maximum Gasteiger partial charge on any atom is 0.329 e. The van der Waals surface area contributed by atoms with Crippen molar-refractivity contribution in [2.24, 2.45) is 0 Å². The van der Waals surface area contributed by atoms with Gasteiger partial charge < -0.3 is 14.9 Å². The van der Waals surface area contributed by atoms with Crippen molar-refractivity contribution in [3.05, 3.63) is 23.8 Å². The first-order valence-electron chi connectivity index (χ1n) is 5.04. The summed E-state index contributed by atoms with van der Waals surface area (Å²) in [6.07, 6.45) is 0. The zero-order valence-electron chi connectivity index (χ0n) is 9.52. The molecule has 90 valence electrons. The van der Waals surface area contributed by atoms with Crippen molar-refractivity contribution < 1.29 is 19.2 Å². The number of carbonyl (C=O) groups excluding carboxylic acids is 2. The van der Waals surface area contributed by atoms with E-state index in [0.29, 0.717) is 17.0 Å². The van der Waals surface area contributed by atoms with E-state index in [1.54, 1.807) is 18.2 Å². The molecule has 0 saturated carbocycles. The Bertz CT molecular complexity index is 473. The first kappa shape index (κ1) is 11.3. The van der Waals surface area contributed by atoms with Crippen molar-refractivity contribution in [2.45, 2.75) is 6.92 Å². The summed E-state index contributed by atoms with van der Waals surface area (Å²) in [5, 5.41) is 3.92. The second-order valence-corrected chi connectivity index (χ2v) is 3.51. The van der Waals surface area contributed by atoms with E-state index >= 15 is 0 Å². The first-order valence-corrected chi connectivity index (χ1v) is 5.04. The van der Waals surface area contributed by atoms with E-state index in [-0.39, 0.29) is 12.6 Å². The molecule has 1 N–H and O–H groups in total. The van der Waals surface area contributed by atoms with Gasteiger partial charge >= 0.3 is 5.97 Å². The zero-order chi connectivity index (χ0) is 12.4.